The Kier molecular flexibility index (Phi) is 3.89. The van der Waals surface area contributed by atoms with Gasteiger partial charge in [0.25, 0.3) is 0 Å². The third kappa shape index (κ3) is 3.53. The molecule has 0 aliphatic carbocycles. The number of hydrogen-bond acceptors (Lipinski definition) is 2. The van der Waals surface area contributed by atoms with Gasteiger partial charge in [0.2, 0.25) is 5.91 Å². The molecule has 3 nitrogen and oxygen atoms in total. The van der Waals surface area contributed by atoms with Crippen molar-refractivity contribution in [1.82, 2.24) is 0 Å². The minimum atomic E-state index is -4.42. The first-order valence-corrected chi connectivity index (χ1v) is 6.03. The smallest absolute Gasteiger partial charge is 0.422 e. The van der Waals surface area contributed by atoms with Crippen LogP contribution in [0.3, 0.4) is 0 Å². The molecule has 1 heterocycles. The van der Waals surface area contributed by atoms with Crippen LogP contribution < -0.4 is 9.64 Å². The lowest BCUT2D eigenvalue weighted by Gasteiger charge is -2.20. The molecule has 1 aliphatic rings. The number of para-hydroxylation sites is 2. The van der Waals surface area contributed by atoms with Crippen LogP contribution in [0.2, 0.25) is 0 Å². The third-order valence-electron chi connectivity index (χ3n) is 2.63. The highest BCUT2D eigenvalue weighted by Crippen LogP contribution is 2.33. The zero-order chi connectivity index (χ0) is 14.0. The summed E-state index contributed by atoms with van der Waals surface area (Å²) in [6, 6.07) is 6.12. The van der Waals surface area contributed by atoms with Crippen LogP contribution in [0.1, 0.15) is 6.42 Å². The molecule has 104 valence electrons. The van der Waals surface area contributed by atoms with Gasteiger partial charge in [-0.2, -0.15) is 13.2 Å². The van der Waals surface area contributed by atoms with Gasteiger partial charge in [0.05, 0.1) is 11.1 Å². The molecule has 1 fully saturated rings. The van der Waals surface area contributed by atoms with Crippen molar-refractivity contribution in [3.63, 3.8) is 0 Å². The van der Waals surface area contributed by atoms with Gasteiger partial charge in [-0.25, -0.2) is 0 Å². The number of amides is 1. The largest absolute Gasteiger partial charge is 0.482 e. The SMILES string of the molecule is O=C1CC(Cl)CN1c1ccccc1OCC(F)(F)F. The number of anilines is 1. The van der Waals surface area contributed by atoms with Crippen LogP contribution in [-0.4, -0.2) is 30.6 Å². The number of hydrogen-bond donors (Lipinski definition) is 0. The first-order chi connectivity index (χ1) is 8.87. The molecule has 0 spiro atoms. The summed E-state index contributed by atoms with van der Waals surface area (Å²) in [5.41, 5.74) is 0.319. The lowest BCUT2D eigenvalue weighted by molar-refractivity contribution is -0.153. The van der Waals surface area contributed by atoms with Gasteiger partial charge < -0.3 is 9.64 Å². The third-order valence-corrected chi connectivity index (χ3v) is 2.92. The monoisotopic (exact) mass is 293 g/mol. The Hall–Kier alpha value is -1.43. The van der Waals surface area contributed by atoms with Crippen molar-refractivity contribution in [1.29, 1.82) is 0 Å². The molecule has 1 saturated heterocycles. The number of rotatable bonds is 3. The zero-order valence-electron chi connectivity index (χ0n) is 9.78. The van der Waals surface area contributed by atoms with E-state index in [2.05, 4.69) is 0 Å². The van der Waals surface area contributed by atoms with E-state index in [1.807, 2.05) is 0 Å². The van der Waals surface area contributed by atoms with Gasteiger partial charge >= 0.3 is 6.18 Å². The predicted molar refractivity (Wildman–Crippen MR) is 64.6 cm³/mol. The second kappa shape index (κ2) is 5.28. The molecule has 1 atom stereocenters. The van der Waals surface area contributed by atoms with Crippen molar-refractivity contribution >= 4 is 23.2 Å². The number of carbonyl (C=O) groups excluding carboxylic acids is 1. The number of ether oxygens (including phenoxy) is 1. The summed E-state index contributed by atoms with van der Waals surface area (Å²) in [5.74, 6) is -0.193. The maximum Gasteiger partial charge on any atom is 0.422 e. The molecule has 1 aliphatic heterocycles. The number of halogens is 4. The lowest BCUT2D eigenvalue weighted by atomic mass is 10.2. The van der Waals surface area contributed by atoms with Crippen LogP contribution in [0, 0.1) is 0 Å². The molecule has 1 aromatic carbocycles. The van der Waals surface area contributed by atoms with Gasteiger partial charge in [0, 0.05) is 13.0 Å². The molecular weight excluding hydrogens is 283 g/mol. The van der Waals surface area contributed by atoms with E-state index in [1.165, 1.54) is 11.0 Å². The Balaban J connectivity index is 2.19. The van der Waals surface area contributed by atoms with E-state index >= 15 is 0 Å². The van der Waals surface area contributed by atoms with Crippen LogP contribution in [0.4, 0.5) is 18.9 Å². The fraction of sp³-hybridized carbons (Fsp3) is 0.417. The van der Waals surface area contributed by atoms with Crippen LogP contribution in [0.25, 0.3) is 0 Å². The topological polar surface area (TPSA) is 29.5 Å². The van der Waals surface area contributed by atoms with E-state index < -0.39 is 12.8 Å². The summed E-state index contributed by atoms with van der Waals surface area (Å²) in [6.45, 7) is -1.12. The molecule has 1 unspecified atom stereocenters. The van der Waals surface area contributed by atoms with E-state index in [-0.39, 0.29) is 30.0 Å². The minimum Gasteiger partial charge on any atom is -0.482 e. The Bertz CT molecular complexity index is 478. The molecule has 0 saturated carbocycles. The average molecular weight is 294 g/mol. The Morgan fingerprint density at radius 1 is 1.37 bits per heavy atom. The highest BCUT2D eigenvalue weighted by molar-refractivity contribution is 6.24. The van der Waals surface area contributed by atoms with Gasteiger partial charge in [0.15, 0.2) is 6.61 Å². The highest BCUT2D eigenvalue weighted by atomic mass is 35.5. The average Bonchev–Trinajstić information content (AvgIpc) is 2.65. The van der Waals surface area contributed by atoms with Gasteiger partial charge in [-0.05, 0) is 12.1 Å². The first-order valence-electron chi connectivity index (χ1n) is 5.60. The molecule has 19 heavy (non-hydrogen) atoms. The Labute approximate surface area is 112 Å². The predicted octanol–water partition coefficient (Wildman–Crippen LogP) is 2.97. The Morgan fingerprint density at radius 2 is 2.05 bits per heavy atom. The Morgan fingerprint density at radius 3 is 2.63 bits per heavy atom. The fourth-order valence-electron chi connectivity index (χ4n) is 1.86. The molecule has 0 radical (unpaired) electrons. The van der Waals surface area contributed by atoms with Gasteiger partial charge in [-0.1, -0.05) is 12.1 Å². The van der Waals surface area contributed by atoms with E-state index in [0.717, 1.165) is 0 Å². The van der Waals surface area contributed by atoms with E-state index in [9.17, 15) is 18.0 Å². The molecule has 1 aromatic rings. The number of benzene rings is 1. The molecule has 2 rings (SSSR count). The van der Waals surface area contributed by atoms with E-state index in [1.54, 1.807) is 18.2 Å². The lowest BCUT2D eigenvalue weighted by Crippen LogP contribution is -2.26. The number of alkyl halides is 4. The molecular formula is C12H11ClF3NO2. The molecule has 0 aromatic heterocycles. The minimum absolute atomic E-state index is 0.0268. The zero-order valence-corrected chi connectivity index (χ0v) is 10.5. The summed E-state index contributed by atoms with van der Waals surface area (Å²) in [6.07, 6.45) is -4.24. The number of nitrogens with zero attached hydrogens (tertiary/aromatic N) is 1. The van der Waals surface area contributed by atoms with Crippen molar-refractivity contribution in [3.05, 3.63) is 24.3 Å². The van der Waals surface area contributed by atoms with Crippen molar-refractivity contribution in [3.8, 4) is 5.75 Å². The first kappa shape index (κ1) is 14.0. The quantitative estimate of drug-likeness (QED) is 0.802. The standard InChI is InChI=1S/C12H11ClF3NO2/c13-8-5-11(18)17(6-8)9-3-1-2-4-10(9)19-7-12(14,15)16/h1-4,8H,5-7H2. The summed E-state index contributed by atoms with van der Waals surface area (Å²) in [5, 5.41) is -0.330. The summed E-state index contributed by atoms with van der Waals surface area (Å²) < 4.78 is 41.2. The fourth-order valence-corrected chi connectivity index (χ4v) is 2.13. The second-order valence-corrected chi connectivity index (χ2v) is 4.79. The molecule has 7 heteroatoms. The van der Waals surface area contributed by atoms with Crippen molar-refractivity contribution < 1.29 is 22.7 Å². The summed E-state index contributed by atoms with van der Waals surface area (Å²) >= 11 is 5.87. The number of carbonyl (C=O) groups is 1. The van der Waals surface area contributed by atoms with Gasteiger partial charge in [-0.3, -0.25) is 4.79 Å². The maximum absolute atomic E-state index is 12.2. The van der Waals surface area contributed by atoms with Gasteiger partial charge in [0.1, 0.15) is 5.75 Å². The van der Waals surface area contributed by atoms with Crippen LogP contribution in [0.15, 0.2) is 24.3 Å². The van der Waals surface area contributed by atoms with Crippen molar-refractivity contribution in [2.75, 3.05) is 18.1 Å². The second-order valence-electron chi connectivity index (χ2n) is 4.18. The van der Waals surface area contributed by atoms with Crippen LogP contribution in [-0.2, 0) is 4.79 Å². The summed E-state index contributed by atoms with van der Waals surface area (Å²) in [7, 11) is 0. The maximum atomic E-state index is 12.2. The molecule has 0 N–H and O–H groups in total. The normalized spacial score (nSPS) is 19.9. The van der Waals surface area contributed by atoms with E-state index in [0.29, 0.717) is 5.69 Å². The van der Waals surface area contributed by atoms with Crippen molar-refractivity contribution in [2.45, 2.75) is 18.0 Å². The van der Waals surface area contributed by atoms with Crippen molar-refractivity contribution in [2.24, 2.45) is 0 Å². The van der Waals surface area contributed by atoms with Gasteiger partial charge in [-0.15, -0.1) is 11.6 Å². The highest BCUT2D eigenvalue weighted by Gasteiger charge is 2.32. The van der Waals surface area contributed by atoms with Crippen LogP contribution in [0.5, 0.6) is 5.75 Å². The van der Waals surface area contributed by atoms with E-state index in [4.69, 9.17) is 16.3 Å². The summed E-state index contributed by atoms with van der Waals surface area (Å²) in [4.78, 5) is 13.1. The molecule has 1 amide bonds. The molecule has 0 bridgehead atoms. The van der Waals surface area contributed by atoms with Crippen LogP contribution >= 0.6 is 11.6 Å².